The number of pyridine rings is 1. The molecule has 7 atom stereocenters. The van der Waals surface area contributed by atoms with Crippen molar-refractivity contribution in [2.75, 3.05) is 47.0 Å². The molecule has 4 aliphatic heterocycles. The summed E-state index contributed by atoms with van der Waals surface area (Å²) in [6, 6.07) is 16.4. The number of hydrogen-bond acceptors (Lipinski definition) is 10. The number of carbonyl (C=O) groups is 4. The fourth-order valence-electron chi connectivity index (χ4n) is 11.1. The molecule has 67 heavy (non-hydrogen) atoms. The molecule has 2 N–H and O–H groups in total. The van der Waals surface area contributed by atoms with E-state index in [1.807, 2.05) is 48.6 Å². The van der Waals surface area contributed by atoms with Crippen molar-refractivity contribution in [3.05, 3.63) is 89.9 Å². The molecule has 14 nitrogen and oxygen atoms in total. The summed E-state index contributed by atoms with van der Waals surface area (Å²) in [5, 5.41) is 5.77. The van der Waals surface area contributed by atoms with Gasteiger partial charge < -0.3 is 33.9 Å². The topological polar surface area (TPSA) is 148 Å². The number of carbonyl (C=O) groups excluding carboxylic acids is 4. The Kier molecular flexibility index (Phi) is 13.3. The van der Waals surface area contributed by atoms with Crippen molar-refractivity contribution in [2.24, 2.45) is 11.3 Å². The lowest BCUT2D eigenvalue weighted by Gasteiger charge is -2.42. The van der Waals surface area contributed by atoms with Crippen LogP contribution in [0.4, 0.5) is 0 Å². The van der Waals surface area contributed by atoms with Gasteiger partial charge in [0.2, 0.25) is 5.91 Å². The second-order valence-electron chi connectivity index (χ2n) is 19.4. The predicted octanol–water partition coefficient (Wildman–Crippen LogP) is 6.15. The highest BCUT2D eigenvalue weighted by Gasteiger charge is 2.48. The molecule has 2 aromatic heterocycles. The second-order valence-corrected chi connectivity index (χ2v) is 19.4. The number of amides is 3. The molecule has 3 fully saturated rings. The number of aromatic nitrogens is 2. The highest BCUT2D eigenvalue weighted by Crippen LogP contribution is 2.57. The zero-order chi connectivity index (χ0) is 47.0. The van der Waals surface area contributed by atoms with Crippen molar-refractivity contribution in [1.29, 1.82) is 0 Å². The minimum Gasteiger partial charge on any atom is -0.464 e. The largest absolute Gasteiger partial charge is 0.464 e. The van der Waals surface area contributed by atoms with Crippen LogP contribution in [-0.4, -0.2) is 119 Å². The number of likely N-dealkylation sites (N-methyl/N-ethyl adjacent to an activating group) is 1. The van der Waals surface area contributed by atoms with Crippen molar-refractivity contribution >= 4 is 34.6 Å². The van der Waals surface area contributed by atoms with E-state index in [4.69, 9.17) is 19.2 Å². The Morgan fingerprint density at radius 1 is 1.07 bits per heavy atom. The molecule has 352 valence electrons. The zero-order valence-corrected chi connectivity index (χ0v) is 39.5. The number of ether oxygens (including phenoxy) is 3. The number of methoxy groups -OCH3 is 1. The number of likely N-dealkylation sites (tertiary alicyclic amines) is 1. The molecule has 0 spiro atoms. The van der Waals surface area contributed by atoms with Crippen molar-refractivity contribution in [1.82, 2.24) is 35.1 Å². The third-order valence-electron chi connectivity index (χ3n) is 14.5. The monoisotopic (exact) mass is 909 g/mol. The molecule has 9 rings (SSSR count). The van der Waals surface area contributed by atoms with E-state index >= 15 is 0 Å². The molecule has 2 aromatic carbocycles. The molecular formula is C53H63N7O7. The van der Waals surface area contributed by atoms with Crippen molar-refractivity contribution < 1.29 is 33.4 Å². The van der Waals surface area contributed by atoms with Crippen molar-refractivity contribution in [3.8, 4) is 34.2 Å². The first-order valence-electron chi connectivity index (χ1n) is 23.9. The van der Waals surface area contributed by atoms with Gasteiger partial charge in [-0.05, 0) is 111 Å². The van der Waals surface area contributed by atoms with Gasteiger partial charge in [0.05, 0.1) is 24.1 Å². The highest BCUT2D eigenvalue weighted by atomic mass is 16.5. The number of hydrogen-bond donors (Lipinski definition) is 2. The molecular weight excluding hydrogens is 847 g/mol. The standard InChI is InChI=1S/C53H63N7O7/c1-7-13-43(61)58-26-22-33(31-58)21-25-57(5)48(42-18-12-27-66-42)50(62)55-40-29-34-14-9-15-35(28-34)36-19-20-41-38(30-36)44-45(49(65-6)46-37(16-10-23-54-46)47(44)59(41)8-2)53(3,4)32-67-52(64)39-17-11-24-60(56-39)51(40)63/h9-10,14-16,19-21,23,25,28,30,33,39-40,42,45,48-49,56H,8,11-12,17-18,22,24,26-27,29,31-32H2,1-6H3,(H,55,62)/b25-21+/t33-,39-,40?,42?,45?,48?,49-/m0/s1. The van der Waals surface area contributed by atoms with Crippen LogP contribution in [0.15, 0.2) is 73.1 Å². The molecule has 3 amide bonds. The first-order valence-corrected chi connectivity index (χ1v) is 23.9. The van der Waals surface area contributed by atoms with Crippen LogP contribution in [-0.2, 0) is 46.4 Å². The van der Waals surface area contributed by atoms with Crippen molar-refractivity contribution in [2.45, 2.75) is 109 Å². The van der Waals surface area contributed by atoms with E-state index in [0.717, 1.165) is 69.5 Å². The summed E-state index contributed by atoms with van der Waals surface area (Å²) in [5.41, 5.74) is 10.7. The van der Waals surface area contributed by atoms with Gasteiger partial charge in [0.25, 0.3) is 11.8 Å². The van der Waals surface area contributed by atoms with Gasteiger partial charge in [-0.15, -0.1) is 0 Å². The number of fused-ring (bicyclic) bond motifs is 8. The van der Waals surface area contributed by atoms with Gasteiger partial charge in [0.1, 0.15) is 24.2 Å². The summed E-state index contributed by atoms with van der Waals surface area (Å²) in [5.74, 6) is 3.91. The molecule has 1 aliphatic carbocycles. The Morgan fingerprint density at radius 2 is 1.91 bits per heavy atom. The van der Waals surface area contributed by atoms with Crippen LogP contribution in [0.2, 0.25) is 0 Å². The van der Waals surface area contributed by atoms with E-state index in [1.165, 1.54) is 5.01 Å². The fraction of sp³-hybridized carbons (Fsp3) is 0.491. The van der Waals surface area contributed by atoms with Gasteiger partial charge in [-0.3, -0.25) is 29.2 Å². The lowest BCUT2D eigenvalue weighted by molar-refractivity contribution is -0.156. The number of benzene rings is 2. The number of rotatable bonds is 8. The van der Waals surface area contributed by atoms with Crippen LogP contribution in [0.5, 0.6) is 0 Å². The van der Waals surface area contributed by atoms with Gasteiger partial charge in [0, 0.05) is 87.4 Å². The number of aryl methyl sites for hydroxylation is 1. The molecule has 4 unspecified atom stereocenters. The summed E-state index contributed by atoms with van der Waals surface area (Å²) in [6.45, 7) is 11.0. The average Bonchev–Trinajstić information content (AvgIpc) is 4.12. The Morgan fingerprint density at radius 3 is 2.69 bits per heavy atom. The smallest absolute Gasteiger partial charge is 0.324 e. The molecule has 14 heteroatoms. The summed E-state index contributed by atoms with van der Waals surface area (Å²) in [6.07, 6.45) is 8.53. The number of hydrazine groups is 1. The number of nitrogens with one attached hydrogen (secondary N) is 2. The maximum Gasteiger partial charge on any atom is 0.324 e. The minimum atomic E-state index is -0.980. The van der Waals surface area contributed by atoms with Crippen LogP contribution in [0.3, 0.4) is 0 Å². The van der Waals surface area contributed by atoms with Crippen LogP contribution >= 0.6 is 0 Å². The third-order valence-corrected chi connectivity index (χ3v) is 14.5. The summed E-state index contributed by atoms with van der Waals surface area (Å²) >= 11 is 0. The normalized spacial score (nSPS) is 25.2. The molecule has 4 aromatic rings. The van der Waals surface area contributed by atoms with E-state index in [1.54, 1.807) is 18.9 Å². The number of esters is 1. The minimum absolute atomic E-state index is 0.0978. The Hall–Kier alpha value is -6.01. The molecule has 3 saturated heterocycles. The number of nitrogens with zero attached hydrogens (tertiary/aromatic N) is 5. The van der Waals surface area contributed by atoms with Crippen molar-refractivity contribution in [3.63, 3.8) is 0 Å². The predicted molar refractivity (Wildman–Crippen MR) is 255 cm³/mol. The second kappa shape index (κ2) is 19.3. The average molecular weight is 910 g/mol. The fourth-order valence-corrected chi connectivity index (χ4v) is 11.1. The van der Waals surface area contributed by atoms with E-state index in [0.29, 0.717) is 45.5 Å². The van der Waals surface area contributed by atoms with Gasteiger partial charge >= 0.3 is 5.97 Å². The van der Waals surface area contributed by atoms with Crippen LogP contribution in [0.25, 0.3) is 33.3 Å². The molecule has 0 saturated carbocycles. The molecule has 6 bridgehead atoms. The SMILES string of the molecule is CC#CC(=O)N1CC[C@H](/C=C/N(C)C(C(=O)NC2Cc3cccc(c3)-c3ccc4c(c3)c3c(n4CC)-c4cccnc4[C@@H](OC)C3C(C)(C)COC(=O)[C@@H]3CCCN(N3)C2=O)C2CCCO2)C1. The summed E-state index contributed by atoms with van der Waals surface area (Å²) in [7, 11) is 3.58. The zero-order valence-electron chi connectivity index (χ0n) is 39.5. The van der Waals surface area contributed by atoms with E-state index in [2.05, 4.69) is 84.3 Å². The lowest BCUT2D eigenvalue weighted by Crippen LogP contribution is -2.62. The summed E-state index contributed by atoms with van der Waals surface area (Å²) < 4.78 is 21.2. The van der Waals surface area contributed by atoms with E-state index < -0.39 is 41.7 Å². The quantitative estimate of drug-likeness (QED) is 0.156. The van der Waals surface area contributed by atoms with Crippen LogP contribution in [0, 0.1) is 23.2 Å². The van der Waals surface area contributed by atoms with Gasteiger partial charge in [0.15, 0.2) is 0 Å². The maximum atomic E-state index is 14.9. The van der Waals surface area contributed by atoms with E-state index in [-0.39, 0.29) is 42.6 Å². The Labute approximate surface area is 393 Å². The van der Waals surface area contributed by atoms with Gasteiger partial charge in [-0.25, -0.2) is 5.43 Å². The molecule has 0 radical (unpaired) electrons. The third kappa shape index (κ3) is 8.97. The van der Waals surface area contributed by atoms with Gasteiger partial charge in [-0.2, -0.15) is 0 Å². The maximum absolute atomic E-state index is 14.9. The lowest BCUT2D eigenvalue weighted by atomic mass is 9.67. The first kappa shape index (κ1) is 46.1. The molecule has 6 heterocycles. The highest BCUT2D eigenvalue weighted by molar-refractivity contribution is 5.97. The Balaban J connectivity index is 1.09. The van der Waals surface area contributed by atoms with Crippen LogP contribution < -0.4 is 10.7 Å². The van der Waals surface area contributed by atoms with Gasteiger partial charge in [-0.1, -0.05) is 56.2 Å². The van der Waals surface area contributed by atoms with Crippen LogP contribution in [0.1, 0.15) is 88.6 Å². The molecule has 5 aliphatic rings. The first-order chi connectivity index (χ1) is 32.4. The van der Waals surface area contributed by atoms with E-state index in [9.17, 15) is 19.2 Å². The Bertz CT molecular complexity index is 2640. The number of cyclic esters (lactones) is 1. The summed E-state index contributed by atoms with van der Waals surface area (Å²) in [4.78, 5) is 64.8.